The van der Waals surface area contributed by atoms with E-state index in [1.165, 1.54) is 6.42 Å². The number of aryl methyl sites for hydroxylation is 2. The Morgan fingerprint density at radius 3 is 2.72 bits per heavy atom. The summed E-state index contributed by atoms with van der Waals surface area (Å²) in [4.78, 5) is 12.1. The predicted octanol–water partition coefficient (Wildman–Crippen LogP) is 2.03. The van der Waals surface area contributed by atoms with Crippen molar-refractivity contribution in [3.63, 3.8) is 0 Å². The third-order valence-electron chi connectivity index (χ3n) is 3.71. The van der Waals surface area contributed by atoms with E-state index in [1.807, 2.05) is 32.0 Å². The number of carbonyl (C=O) groups excluding carboxylic acids is 1. The predicted molar refractivity (Wildman–Crippen MR) is 73.8 cm³/mol. The van der Waals surface area contributed by atoms with Crippen molar-refractivity contribution in [1.29, 1.82) is 0 Å². The molecule has 18 heavy (non-hydrogen) atoms. The van der Waals surface area contributed by atoms with Crippen molar-refractivity contribution in [2.75, 3.05) is 19.6 Å². The van der Waals surface area contributed by atoms with Crippen molar-refractivity contribution in [3.8, 4) is 0 Å². The van der Waals surface area contributed by atoms with Gasteiger partial charge in [-0.15, -0.1) is 0 Å². The summed E-state index contributed by atoms with van der Waals surface area (Å²) in [5.74, 6) is 0.792. The monoisotopic (exact) mass is 246 g/mol. The molecule has 3 nitrogen and oxygen atoms in total. The highest BCUT2D eigenvalue weighted by Gasteiger charge is 2.15. The second-order valence-electron chi connectivity index (χ2n) is 5.17. The van der Waals surface area contributed by atoms with Crippen LogP contribution in [0.5, 0.6) is 0 Å². The van der Waals surface area contributed by atoms with E-state index < -0.39 is 0 Å². The van der Waals surface area contributed by atoms with Crippen LogP contribution in [0, 0.1) is 19.8 Å². The standard InChI is InChI=1S/C15H22N2O/c1-11-4-3-5-12(2)14(11)15(18)17-9-7-13-6-8-16-10-13/h3-5,13,16H,6-10H2,1-2H3,(H,17,18). The van der Waals surface area contributed by atoms with Crippen LogP contribution in [0.3, 0.4) is 0 Å². The molecule has 1 fully saturated rings. The van der Waals surface area contributed by atoms with E-state index in [9.17, 15) is 4.79 Å². The summed E-state index contributed by atoms with van der Waals surface area (Å²) in [6.07, 6.45) is 2.31. The molecule has 0 spiro atoms. The van der Waals surface area contributed by atoms with Gasteiger partial charge in [-0.05, 0) is 56.8 Å². The molecule has 0 saturated carbocycles. The smallest absolute Gasteiger partial charge is 0.251 e. The van der Waals surface area contributed by atoms with E-state index >= 15 is 0 Å². The molecular weight excluding hydrogens is 224 g/mol. The van der Waals surface area contributed by atoms with Gasteiger partial charge in [0.2, 0.25) is 0 Å². The molecule has 0 bridgehead atoms. The third-order valence-corrected chi connectivity index (χ3v) is 3.71. The van der Waals surface area contributed by atoms with Crippen LogP contribution < -0.4 is 10.6 Å². The van der Waals surface area contributed by atoms with Crippen LogP contribution in [0.2, 0.25) is 0 Å². The van der Waals surface area contributed by atoms with Crippen molar-refractivity contribution in [2.24, 2.45) is 5.92 Å². The molecule has 2 N–H and O–H groups in total. The molecule has 1 aromatic rings. The van der Waals surface area contributed by atoms with Crippen molar-refractivity contribution in [3.05, 3.63) is 34.9 Å². The zero-order valence-electron chi connectivity index (χ0n) is 11.3. The minimum Gasteiger partial charge on any atom is -0.352 e. The van der Waals surface area contributed by atoms with Crippen LogP contribution in [0.1, 0.15) is 34.3 Å². The number of rotatable bonds is 4. The Balaban J connectivity index is 1.87. The van der Waals surface area contributed by atoms with Crippen LogP contribution in [0.25, 0.3) is 0 Å². The van der Waals surface area contributed by atoms with Gasteiger partial charge in [0.15, 0.2) is 0 Å². The zero-order valence-corrected chi connectivity index (χ0v) is 11.3. The van der Waals surface area contributed by atoms with E-state index in [0.717, 1.165) is 48.7 Å². The summed E-state index contributed by atoms with van der Waals surface area (Å²) >= 11 is 0. The van der Waals surface area contributed by atoms with Gasteiger partial charge in [0.05, 0.1) is 0 Å². The van der Waals surface area contributed by atoms with Crippen molar-refractivity contribution in [1.82, 2.24) is 10.6 Å². The van der Waals surface area contributed by atoms with E-state index in [4.69, 9.17) is 0 Å². The molecule has 1 aliphatic heterocycles. The van der Waals surface area contributed by atoms with Crippen molar-refractivity contribution >= 4 is 5.91 Å². The fourth-order valence-corrected chi connectivity index (χ4v) is 2.61. The van der Waals surface area contributed by atoms with Crippen LogP contribution in [0.4, 0.5) is 0 Å². The van der Waals surface area contributed by atoms with Crippen LogP contribution in [-0.4, -0.2) is 25.5 Å². The quantitative estimate of drug-likeness (QED) is 0.853. The number of benzene rings is 1. The maximum Gasteiger partial charge on any atom is 0.251 e. The van der Waals surface area contributed by atoms with Gasteiger partial charge in [-0.3, -0.25) is 4.79 Å². The van der Waals surface area contributed by atoms with E-state index in [-0.39, 0.29) is 5.91 Å². The maximum atomic E-state index is 12.1. The normalized spacial score (nSPS) is 18.9. The first-order valence-corrected chi connectivity index (χ1v) is 6.73. The van der Waals surface area contributed by atoms with Crippen LogP contribution >= 0.6 is 0 Å². The molecular formula is C15H22N2O. The van der Waals surface area contributed by atoms with E-state index in [1.54, 1.807) is 0 Å². The lowest BCUT2D eigenvalue weighted by atomic mass is 10.0. The molecule has 1 heterocycles. The minimum absolute atomic E-state index is 0.0663. The molecule has 98 valence electrons. The number of nitrogens with one attached hydrogen (secondary N) is 2. The van der Waals surface area contributed by atoms with Gasteiger partial charge in [-0.25, -0.2) is 0 Å². The van der Waals surface area contributed by atoms with Gasteiger partial charge >= 0.3 is 0 Å². The topological polar surface area (TPSA) is 41.1 Å². The van der Waals surface area contributed by atoms with Gasteiger partial charge in [-0.2, -0.15) is 0 Å². The van der Waals surface area contributed by atoms with Gasteiger partial charge in [0.25, 0.3) is 5.91 Å². The first-order valence-electron chi connectivity index (χ1n) is 6.73. The number of carbonyl (C=O) groups is 1. The Kier molecular flexibility index (Phi) is 4.37. The molecule has 1 aliphatic rings. The average molecular weight is 246 g/mol. The Hall–Kier alpha value is -1.35. The molecule has 3 heteroatoms. The fourth-order valence-electron chi connectivity index (χ4n) is 2.61. The summed E-state index contributed by atoms with van der Waals surface area (Å²) in [5.41, 5.74) is 2.94. The Morgan fingerprint density at radius 1 is 1.39 bits per heavy atom. The van der Waals surface area contributed by atoms with E-state index in [2.05, 4.69) is 10.6 Å². The summed E-state index contributed by atoms with van der Waals surface area (Å²) in [5, 5.41) is 6.39. The zero-order chi connectivity index (χ0) is 13.0. The molecule has 1 aromatic carbocycles. The summed E-state index contributed by atoms with van der Waals surface area (Å²) < 4.78 is 0. The van der Waals surface area contributed by atoms with Gasteiger partial charge in [0, 0.05) is 12.1 Å². The lowest BCUT2D eigenvalue weighted by molar-refractivity contribution is 0.0950. The molecule has 2 rings (SSSR count). The Labute approximate surface area is 109 Å². The second kappa shape index (κ2) is 6.01. The van der Waals surface area contributed by atoms with Crippen LogP contribution in [0.15, 0.2) is 18.2 Å². The lowest BCUT2D eigenvalue weighted by Gasteiger charge is -2.12. The SMILES string of the molecule is Cc1cccc(C)c1C(=O)NCCC1CCNC1. The van der Waals surface area contributed by atoms with E-state index in [0.29, 0.717) is 0 Å². The molecule has 0 radical (unpaired) electrons. The van der Waals surface area contributed by atoms with Gasteiger partial charge in [-0.1, -0.05) is 18.2 Å². The third kappa shape index (κ3) is 3.10. The molecule has 0 aliphatic carbocycles. The molecule has 0 aromatic heterocycles. The number of hydrogen-bond donors (Lipinski definition) is 2. The molecule has 1 atom stereocenters. The Bertz CT molecular complexity index is 402. The Morgan fingerprint density at radius 2 is 2.11 bits per heavy atom. The fraction of sp³-hybridized carbons (Fsp3) is 0.533. The maximum absolute atomic E-state index is 12.1. The number of hydrogen-bond acceptors (Lipinski definition) is 2. The molecule has 1 amide bonds. The summed E-state index contributed by atoms with van der Waals surface area (Å²) in [6.45, 7) is 6.97. The first-order chi connectivity index (χ1) is 8.68. The van der Waals surface area contributed by atoms with Gasteiger partial charge in [0.1, 0.15) is 0 Å². The van der Waals surface area contributed by atoms with Gasteiger partial charge < -0.3 is 10.6 Å². The largest absolute Gasteiger partial charge is 0.352 e. The molecule has 1 saturated heterocycles. The first kappa shape index (κ1) is 13.1. The van der Waals surface area contributed by atoms with Crippen LogP contribution in [-0.2, 0) is 0 Å². The second-order valence-corrected chi connectivity index (χ2v) is 5.17. The molecule has 1 unspecified atom stereocenters. The van der Waals surface area contributed by atoms with Crippen molar-refractivity contribution in [2.45, 2.75) is 26.7 Å². The number of amides is 1. The average Bonchev–Trinajstić information content (AvgIpc) is 2.82. The minimum atomic E-state index is 0.0663. The lowest BCUT2D eigenvalue weighted by Crippen LogP contribution is -2.27. The summed E-state index contributed by atoms with van der Waals surface area (Å²) in [7, 11) is 0. The highest BCUT2D eigenvalue weighted by Crippen LogP contribution is 2.14. The van der Waals surface area contributed by atoms with Crippen molar-refractivity contribution < 1.29 is 4.79 Å². The highest BCUT2D eigenvalue weighted by atomic mass is 16.1. The summed E-state index contributed by atoms with van der Waals surface area (Å²) in [6, 6.07) is 5.97. The highest BCUT2D eigenvalue weighted by molar-refractivity contribution is 5.97.